The van der Waals surface area contributed by atoms with Crippen molar-refractivity contribution in [3.63, 3.8) is 0 Å². The van der Waals surface area contributed by atoms with E-state index in [1.807, 2.05) is 0 Å². The van der Waals surface area contributed by atoms with Gasteiger partial charge < -0.3 is 34.9 Å². The first-order chi connectivity index (χ1) is 16.4. The minimum Gasteiger partial charge on any atom is -0.463 e. The van der Waals surface area contributed by atoms with Gasteiger partial charge in [0.2, 0.25) is 0 Å². The number of nitrogen functional groups attached to an aromatic ring is 1. The number of aliphatic imine (C=N–C) groups is 1. The molecular formula is C23H29N5O7. The lowest BCUT2D eigenvalue weighted by molar-refractivity contribution is -0.169. The summed E-state index contributed by atoms with van der Waals surface area (Å²) in [6.07, 6.45) is -0.249. The van der Waals surface area contributed by atoms with Gasteiger partial charge in [-0.05, 0) is 6.92 Å². The third kappa shape index (κ3) is 4.34. The van der Waals surface area contributed by atoms with Crippen molar-refractivity contribution >= 4 is 46.4 Å². The Bertz CT molecular complexity index is 1270. The molecule has 2 aliphatic heterocycles. The molecule has 12 nitrogen and oxygen atoms in total. The summed E-state index contributed by atoms with van der Waals surface area (Å²) in [6, 6.07) is 1.20. The van der Waals surface area contributed by atoms with Crippen LogP contribution in [0.3, 0.4) is 0 Å². The molecule has 0 bridgehead atoms. The van der Waals surface area contributed by atoms with Crippen molar-refractivity contribution in [2.75, 3.05) is 17.7 Å². The number of aliphatic hydroxyl groups is 1. The number of aromatic nitrogens is 2. The number of esters is 2. The number of nitrogens with one attached hydrogen (secondary N) is 1. The van der Waals surface area contributed by atoms with Crippen LogP contribution in [0.4, 0.5) is 17.3 Å². The topological polar surface area (TPSA) is 167 Å². The van der Waals surface area contributed by atoms with Crippen LogP contribution in [0.5, 0.6) is 0 Å². The highest BCUT2D eigenvalue weighted by Gasteiger charge is 2.57. The molecule has 0 saturated carbocycles. The van der Waals surface area contributed by atoms with Crippen molar-refractivity contribution in [2.45, 2.75) is 58.7 Å². The van der Waals surface area contributed by atoms with E-state index in [0.717, 1.165) is 0 Å². The SMILES string of the molecule is CC(C)C(=O)OCC1OC(n2cc3c(N)cc(=O)nc4c3c2N=CN4)C(C)(O)C1OC(=O)C(C)C. The summed E-state index contributed by atoms with van der Waals surface area (Å²) in [5, 5.41) is 15.4. The normalized spacial score (nSPS) is 25.2. The minimum absolute atomic E-state index is 0.172. The summed E-state index contributed by atoms with van der Waals surface area (Å²) in [5.41, 5.74) is 4.03. The van der Waals surface area contributed by atoms with E-state index in [9.17, 15) is 19.5 Å². The molecule has 1 fully saturated rings. The van der Waals surface area contributed by atoms with Gasteiger partial charge >= 0.3 is 11.9 Å². The summed E-state index contributed by atoms with van der Waals surface area (Å²) in [4.78, 5) is 44.9. The first-order valence-corrected chi connectivity index (χ1v) is 11.3. The van der Waals surface area contributed by atoms with Crippen molar-refractivity contribution in [1.29, 1.82) is 0 Å². The minimum atomic E-state index is -1.75. The van der Waals surface area contributed by atoms with Crippen molar-refractivity contribution in [3.8, 4) is 0 Å². The van der Waals surface area contributed by atoms with E-state index in [4.69, 9.17) is 19.9 Å². The maximum absolute atomic E-state index is 12.5. The van der Waals surface area contributed by atoms with Crippen LogP contribution in [-0.2, 0) is 23.8 Å². The molecule has 4 unspecified atom stereocenters. The summed E-state index contributed by atoms with van der Waals surface area (Å²) in [5.74, 6) is -1.22. The Labute approximate surface area is 201 Å². The van der Waals surface area contributed by atoms with E-state index in [-0.39, 0.29) is 24.0 Å². The molecule has 4 atom stereocenters. The van der Waals surface area contributed by atoms with Crippen LogP contribution in [0.1, 0.15) is 40.8 Å². The fraction of sp³-hybridized carbons (Fsp3) is 0.522. The molecule has 2 aromatic rings. The zero-order chi connectivity index (χ0) is 25.7. The molecule has 0 aliphatic carbocycles. The molecule has 188 valence electrons. The van der Waals surface area contributed by atoms with Gasteiger partial charge in [0.1, 0.15) is 29.9 Å². The third-order valence-corrected chi connectivity index (χ3v) is 5.99. The largest absolute Gasteiger partial charge is 0.463 e. The number of nitrogens with two attached hydrogens (primary N) is 1. The Hall–Kier alpha value is -3.51. The van der Waals surface area contributed by atoms with Crippen LogP contribution < -0.4 is 16.6 Å². The van der Waals surface area contributed by atoms with Crippen LogP contribution in [0.25, 0.3) is 10.8 Å². The summed E-state index contributed by atoms with van der Waals surface area (Å²) >= 11 is 0. The Balaban J connectivity index is 1.79. The number of rotatable bonds is 6. The van der Waals surface area contributed by atoms with Gasteiger partial charge in [-0.15, -0.1) is 0 Å². The molecule has 12 heteroatoms. The van der Waals surface area contributed by atoms with Crippen LogP contribution in [0, 0.1) is 11.8 Å². The van der Waals surface area contributed by atoms with Gasteiger partial charge in [-0.3, -0.25) is 14.4 Å². The second-order valence-electron chi connectivity index (χ2n) is 9.50. The number of carbonyl (C=O) groups is 2. The zero-order valence-corrected chi connectivity index (χ0v) is 20.1. The zero-order valence-electron chi connectivity index (χ0n) is 20.1. The number of ether oxygens (including phenoxy) is 3. The molecule has 0 radical (unpaired) electrons. The Kier molecular flexibility index (Phi) is 6.28. The molecule has 2 aromatic heterocycles. The highest BCUT2D eigenvalue weighted by molar-refractivity contribution is 6.10. The number of anilines is 2. The van der Waals surface area contributed by atoms with Crippen LogP contribution in [0.15, 0.2) is 22.1 Å². The predicted molar refractivity (Wildman–Crippen MR) is 127 cm³/mol. The Morgan fingerprint density at radius 2 is 1.97 bits per heavy atom. The second kappa shape index (κ2) is 8.93. The van der Waals surface area contributed by atoms with Gasteiger partial charge in [-0.25, -0.2) is 4.99 Å². The molecule has 0 amide bonds. The first kappa shape index (κ1) is 24.6. The molecule has 35 heavy (non-hydrogen) atoms. The number of hydrogen-bond donors (Lipinski definition) is 3. The van der Waals surface area contributed by atoms with Crippen LogP contribution in [0.2, 0.25) is 0 Å². The summed E-state index contributed by atoms with van der Waals surface area (Å²) in [6.45, 7) is 7.97. The first-order valence-electron chi connectivity index (χ1n) is 11.3. The van der Waals surface area contributed by atoms with E-state index in [2.05, 4.69) is 15.3 Å². The maximum atomic E-state index is 12.5. The molecule has 2 aliphatic rings. The second-order valence-corrected chi connectivity index (χ2v) is 9.50. The maximum Gasteiger partial charge on any atom is 0.308 e. The van der Waals surface area contributed by atoms with Crippen molar-refractivity contribution in [2.24, 2.45) is 16.8 Å². The van der Waals surface area contributed by atoms with Gasteiger partial charge in [0.15, 0.2) is 12.3 Å². The molecule has 4 heterocycles. The van der Waals surface area contributed by atoms with Crippen molar-refractivity contribution in [1.82, 2.24) is 9.55 Å². The van der Waals surface area contributed by atoms with Gasteiger partial charge in [-0.1, -0.05) is 27.7 Å². The fourth-order valence-electron chi connectivity index (χ4n) is 4.10. The predicted octanol–water partition coefficient (Wildman–Crippen LogP) is 1.48. The standard InChI is InChI=1S/C23H29N5O7/c1-10(2)20(30)33-8-14-17(35-21(31)11(3)4)23(5,32)22(34-14)28-7-12-13(24)6-15(29)27-18-16(12)19(28)26-9-25-18/h6-7,9-11,14,17,22,32H,8,24H2,1-5H3,(H,25,26,27,29). The number of hydrogen-bond acceptors (Lipinski definition) is 11. The van der Waals surface area contributed by atoms with Crippen molar-refractivity contribution < 1.29 is 28.9 Å². The lowest BCUT2D eigenvalue weighted by Gasteiger charge is -2.31. The molecule has 0 spiro atoms. The number of carbonyl (C=O) groups excluding carboxylic acids is 2. The van der Waals surface area contributed by atoms with Gasteiger partial charge in [0, 0.05) is 23.3 Å². The number of nitrogens with zero attached hydrogens (tertiary/aromatic N) is 3. The highest BCUT2D eigenvalue weighted by atomic mass is 16.6. The lowest BCUT2D eigenvalue weighted by Crippen LogP contribution is -2.48. The van der Waals surface area contributed by atoms with Crippen molar-refractivity contribution in [3.05, 3.63) is 22.6 Å². The molecule has 1 saturated heterocycles. The highest BCUT2D eigenvalue weighted by Crippen LogP contribution is 2.46. The molecule has 4 rings (SSSR count). The fourth-order valence-corrected chi connectivity index (χ4v) is 4.10. The van der Waals surface area contributed by atoms with E-state index in [1.165, 1.54) is 19.3 Å². The van der Waals surface area contributed by atoms with Gasteiger partial charge in [0.05, 0.1) is 23.6 Å². The third-order valence-electron chi connectivity index (χ3n) is 5.99. The van der Waals surface area contributed by atoms with Crippen LogP contribution in [-0.4, -0.2) is 57.4 Å². The lowest BCUT2D eigenvalue weighted by atomic mass is 9.96. The Morgan fingerprint density at radius 1 is 1.29 bits per heavy atom. The monoisotopic (exact) mass is 487 g/mol. The average Bonchev–Trinajstić information content (AvgIpc) is 3.23. The van der Waals surface area contributed by atoms with Gasteiger partial charge in [0.25, 0.3) is 5.56 Å². The quantitative estimate of drug-likeness (QED) is 0.508. The summed E-state index contributed by atoms with van der Waals surface area (Å²) in [7, 11) is 0. The van der Waals surface area contributed by atoms with Crippen LogP contribution >= 0.6 is 0 Å². The smallest absolute Gasteiger partial charge is 0.308 e. The average molecular weight is 488 g/mol. The van der Waals surface area contributed by atoms with Gasteiger partial charge in [-0.2, -0.15) is 4.98 Å². The Morgan fingerprint density at radius 3 is 2.63 bits per heavy atom. The van der Waals surface area contributed by atoms with E-state index in [1.54, 1.807) is 38.5 Å². The molecular weight excluding hydrogens is 458 g/mol. The van der Waals surface area contributed by atoms with E-state index < -0.39 is 47.5 Å². The molecule has 4 N–H and O–H groups in total. The summed E-state index contributed by atoms with van der Waals surface area (Å²) < 4.78 is 18.7. The molecule has 0 aromatic carbocycles. The van der Waals surface area contributed by atoms with E-state index in [0.29, 0.717) is 16.6 Å². The van der Waals surface area contributed by atoms with E-state index >= 15 is 0 Å².